The molecular weight excluding hydrogens is 344 g/mol. The molecule has 0 saturated heterocycles. The molecule has 1 aromatic carbocycles. The van der Waals surface area contributed by atoms with Crippen LogP contribution in [0, 0.1) is 63.7 Å². The van der Waals surface area contributed by atoms with E-state index < -0.39 is 5.41 Å². The van der Waals surface area contributed by atoms with Crippen LogP contribution >= 0.6 is 0 Å². The molecule has 126 valence electrons. The van der Waals surface area contributed by atoms with Crippen molar-refractivity contribution in [3.05, 3.63) is 99.1 Å². The minimum atomic E-state index is -0.968. The quantitative estimate of drug-likeness (QED) is 0.695. The minimum absolute atomic E-state index is 0. The van der Waals surface area contributed by atoms with Crippen molar-refractivity contribution in [1.82, 2.24) is 0 Å². The molecule has 2 aliphatic rings. The van der Waals surface area contributed by atoms with Crippen molar-refractivity contribution in [1.29, 1.82) is 0 Å². The van der Waals surface area contributed by atoms with Gasteiger partial charge in [-0.3, -0.25) is 0 Å². The van der Waals surface area contributed by atoms with Crippen molar-refractivity contribution in [2.24, 2.45) is 0 Å². The van der Waals surface area contributed by atoms with Gasteiger partial charge in [0.15, 0.2) is 0 Å². The predicted octanol–water partition coefficient (Wildman–Crippen LogP) is 1.67. The first kappa shape index (κ1) is 21.7. The molecule has 3 N–H and O–H groups in total. The van der Waals surface area contributed by atoms with Crippen LogP contribution in [0.3, 0.4) is 0 Å². The largest absolute Gasteiger partial charge is 2.00 e. The fourth-order valence-electron chi connectivity index (χ4n) is 2.33. The van der Waals surface area contributed by atoms with Crippen molar-refractivity contribution in [2.75, 3.05) is 19.8 Å². The zero-order chi connectivity index (χ0) is 16.5. The molecule has 0 aliphatic heterocycles. The number of rotatable bonds is 5. The summed E-state index contributed by atoms with van der Waals surface area (Å²) in [6.07, 6.45) is 18.0. The van der Waals surface area contributed by atoms with Gasteiger partial charge in [-0.15, -0.1) is 0 Å². The first-order valence-electron chi connectivity index (χ1n) is 7.57. The van der Waals surface area contributed by atoms with E-state index in [4.69, 9.17) is 0 Å². The van der Waals surface area contributed by atoms with Gasteiger partial charge in [0, 0.05) is 5.92 Å². The van der Waals surface area contributed by atoms with Gasteiger partial charge < -0.3 is 15.3 Å². The fraction of sp³-hybridized carbons (Fsp3) is 0.200. The van der Waals surface area contributed by atoms with Gasteiger partial charge in [0.25, 0.3) is 0 Å². The smallest absolute Gasteiger partial charge is 0.395 e. The van der Waals surface area contributed by atoms with E-state index in [1.165, 1.54) is 0 Å². The number of aliphatic hydroxyl groups is 3. The summed E-state index contributed by atoms with van der Waals surface area (Å²) in [7, 11) is 0. The summed E-state index contributed by atoms with van der Waals surface area (Å²) in [5, 5.41) is 28.1. The molecule has 2 fully saturated rings. The van der Waals surface area contributed by atoms with Gasteiger partial charge in [-0.1, -0.05) is 24.3 Å². The average molecular weight is 366 g/mol. The maximum Gasteiger partial charge on any atom is 2.00 e. The SMILES string of the molecule is OCC(CO)(CO)c1ccc([C]2[CH][CH][CH][CH]2)cc1.[CH]1[CH][CH][CH][CH]1.[Fe+2]. The Morgan fingerprint density at radius 2 is 1.04 bits per heavy atom. The number of hydrogen-bond acceptors (Lipinski definition) is 3. The summed E-state index contributed by atoms with van der Waals surface area (Å²) in [4.78, 5) is 0. The van der Waals surface area contributed by atoms with Crippen LogP contribution in [0.15, 0.2) is 24.3 Å². The van der Waals surface area contributed by atoms with Crippen LogP contribution < -0.4 is 0 Å². The van der Waals surface area contributed by atoms with E-state index in [2.05, 4.69) is 0 Å². The summed E-state index contributed by atoms with van der Waals surface area (Å²) < 4.78 is 0. The second-order valence-corrected chi connectivity index (χ2v) is 5.47. The third-order valence-electron chi connectivity index (χ3n) is 3.96. The molecule has 1 aromatic rings. The first-order chi connectivity index (χ1) is 11.3. The molecule has 3 nitrogen and oxygen atoms in total. The van der Waals surface area contributed by atoms with Crippen LogP contribution in [0.5, 0.6) is 0 Å². The standard InChI is InChI=1S/C15H17O3.C5H5.Fe/c16-9-15(10-17,11-18)14-7-5-13(6-8-14)12-3-1-2-4-12;1-2-4-5-3-1;/h1-8,16-18H,9-11H2;1-5H;/q;;+2. The Balaban J connectivity index is 0.000000412. The Morgan fingerprint density at radius 3 is 1.42 bits per heavy atom. The Bertz CT molecular complexity index is 417. The van der Waals surface area contributed by atoms with Crippen molar-refractivity contribution >= 4 is 0 Å². The van der Waals surface area contributed by atoms with Crippen LogP contribution in [-0.2, 0) is 22.5 Å². The number of aliphatic hydroxyl groups excluding tert-OH is 3. The normalized spacial score (nSPS) is 18.0. The van der Waals surface area contributed by atoms with Crippen LogP contribution in [0.1, 0.15) is 11.1 Å². The molecule has 0 heterocycles. The van der Waals surface area contributed by atoms with Gasteiger partial charge in [-0.25, -0.2) is 0 Å². The predicted molar refractivity (Wildman–Crippen MR) is 90.4 cm³/mol. The van der Waals surface area contributed by atoms with E-state index >= 15 is 0 Å². The van der Waals surface area contributed by atoms with E-state index in [9.17, 15) is 15.3 Å². The van der Waals surface area contributed by atoms with E-state index in [0.717, 1.165) is 17.0 Å². The molecule has 4 heteroatoms. The van der Waals surface area contributed by atoms with Crippen LogP contribution in [0.25, 0.3) is 0 Å². The maximum atomic E-state index is 9.36. The summed E-state index contributed by atoms with van der Waals surface area (Å²) in [6.45, 7) is -0.846. The van der Waals surface area contributed by atoms with Crippen molar-refractivity contribution < 1.29 is 32.4 Å². The van der Waals surface area contributed by atoms with E-state index in [-0.39, 0.29) is 36.9 Å². The molecule has 0 spiro atoms. The average Bonchev–Trinajstić information content (AvgIpc) is 3.34. The van der Waals surface area contributed by atoms with Crippen LogP contribution in [0.4, 0.5) is 0 Å². The number of benzene rings is 1. The van der Waals surface area contributed by atoms with Gasteiger partial charge in [0.05, 0.1) is 25.2 Å². The van der Waals surface area contributed by atoms with Crippen LogP contribution in [0.2, 0.25) is 0 Å². The summed E-state index contributed by atoms with van der Waals surface area (Å²) in [6, 6.07) is 7.54. The topological polar surface area (TPSA) is 60.7 Å². The zero-order valence-corrected chi connectivity index (χ0v) is 14.4. The van der Waals surface area contributed by atoms with E-state index in [1.807, 2.05) is 82.1 Å². The molecule has 24 heavy (non-hydrogen) atoms. The molecule has 2 aliphatic carbocycles. The molecule has 0 bridgehead atoms. The monoisotopic (exact) mass is 366 g/mol. The fourth-order valence-corrected chi connectivity index (χ4v) is 2.33. The van der Waals surface area contributed by atoms with E-state index in [0.29, 0.717) is 0 Å². The first-order valence-corrected chi connectivity index (χ1v) is 7.57. The Morgan fingerprint density at radius 1 is 0.625 bits per heavy atom. The molecule has 0 aromatic heterocycles. The Kier molecular flexibility index (Phi) is 10.2. The minimum Gasteiger partial charge on any atom is -0.395 e. The molecule has 0 atom stereocenters. The van der Waals surface area contributed by atoms with Gasteiger partial charge in [0.2, 0.25) is 0 Å². The molecule has 0 amide bonds. The molecule has 0 unspecified atom stereocenters. The van der Waals surface area contributed by atoms with Gasteiger partial charge in [0.1, 0.15) is 0 Å². The third-order valence-corrected chi connectivity index (χ3v) is 3.96. The maximum absolute atomic E-state index is 9.36. The van der Waals surface area contributed by atoms with Crippen molar-refractivity contribution in [2.45, 2.75) is 5.41 Å². The summed E-state index contributed by atoms with van der Waals surface area (Å²) in [5.74, 6) is 1.13. The second kappa shape index (κ2) is 11.3. The summed E-state index contributed by atoms with van der Waals surface area (Å²) in [5.41, 5.74) is 0.849. The van der Waals surface area contributed by atoms with Gasteiger partial charge >= 0.3 is 17.1 Å². The zero-order valence-electron chi connectivity index (χ0n) is 13.3. The molecule has 2 saturated carbocycles. The molecule has 3 rings (SSSR count). The van der Waals surface area contributed by atoms with E-state index in [1.54, 1.807) is 0 Å². The van der Waals surface area contributed by atoms with Crippen molar-refractivity contribution in [3.8, 4) is 0 Å². The molecular formula is C20H22FeO3+2. The Hall–Kier alpha value is -0.381. The van der Waals surface area contributed by atoms with Gasteiger partial charge in [-0.2, -0.15) is 0 Å². The molecule has 10 radical (unpaired) electrons. The second-order valence-electron chi connectivity index (χ2n) is 5.47. The van der Waals surface area contributed by atoms with Gasteiger partial charge in [-0.05, 0) is 68.9 Å². The summed E-state index contributed by atoms with van der Waals surface area (Å²) >= 11 is 0. The third kappa shape index (κ3) is 5.57. The van der Waals surface area contributed by atoms with Crippen molar-refractivity contribution in [3.63, 3.8) is 0 Å². The number of hydrogen-bond donors (Lipinski definition) is 3. The Labute approximate surface area is 157 Å². The van der Waals surface area contributed by atoms with Crippen LogP contribution in [-0.4, -0.2) is 35.1 Å².